The first-order chi connectivity index (χ1) is 7.95. The summed E-state index contributed by atoms with van der Waals surface area (Å²) in [6, 6.07) is 2.96. The zero-order valence-corrected chi connectivity index (χ0v) is 10.9. The Morgan fingerprint density at radius 3 is 2.47 bits per heavy atom. The lowest BCUT2D eigenvalue weighted by Gasteiger charge is -2.17. The highest BCUT2D eigenvalue weighted by Crippen LogP contribution is 2.35. The summed E-state index contributed by atoms with van der Waals surface area (Å²) in [6.45, 7) is 6.02. The highest BCUT2D eigenvalue weighted by atomic mass is 35.5. The first-order valence-electron chi connectivity index (χ1n) is 5.44. The number of ether oxygens (including phenoxy) is 2. The summed E-state index contributed by atoms with van der Waals surface area (Å²) in [6.07, 6.45) is -0.0448. The summed E-state index contributed by atoms with van der Waals surface area (Å²) in [4.78, 5) is 0. The molecular weight excluding hydrogens is 242 g/mol. The van der Waals surface area contributed by atoms with Crippen molar-refractivity contribution in [3.8, 4) is 11.5 Å². The van der Waals surface area contributed by atoms with E-state index in [9.17, 15) is 0 Å². The van der Waals surface area contributed by atoms with Crippen LogP contribution in [-0.4, -0.2) is 29.9 Å². The van der Waals surface area contributed by atoms with Crippen LogP contribution in [0.4, 0.5) is 0 Å². The molecule has 2 N–H and O–H groups in total. The zero-order valence-electron chi connectivity index (χ0n) is 10.1. The van der Waals surface area contributed by atoms with Crippen LogP contribution in [0.3, 0.4) is 0 Å². The minimum atomic E-state index is -1.58. The van der Waals surface area contributed by atoms with Gasteiger partial charge in [-0.05, 0) is 38.4 Å². The second-order valence-electron chi connectivity index (χ2n) is 3.80. The first kappa shape index (κ1) is 14.2. The normalized spacial score (nSPS) is 10.5. The molecule has 4 nitrogen and oxygen atoms in total. The van der Waals surface area contributed by atoms with Crippen LogP contribution in [0.2, 0.25) is 5.02 Å². The van der Waals surface area contributed by atoms with Crippen molar-refractivity contribution in [3.63, 3.8) is 0 Å². The molecule has 0 saturated carbocycles. The lowest BCUT2D eigenvalue weighted by Crippen LogP contribution is -2.30. The van der Waals surface area contributed by atoms with Crippen LogP contribution in [0.1, 0.15) is 20.8 Å². The molecule has 0 spiro atoms. The van der Waals surface area contributed by atoms with E-state index in [1.54, 1.807) is 0 Å². The topological polar surface area (TPSA) is 58.9 Å². The van der Waals surface area contributed by atoms with E-state index in [0.717, 1.165) is 0 Å². The molecule has 17 heavy (non-hydrogen) atoms. The summed E-state index contributed by atoms with van der Waals surface area (Å²) >= 11 is 6.03. The van der Waals surface area contributed by atoms with Gasteiger partial charge in [0, 0.05) is 0 Å². The van der Waals surface area contributed by atoms with E-state index in [0.29, 0.717) is 23.1 Å². The van der Waals surface area contributed by atoms with Crippen molar-refractivity contribution >= 4 is 24.2 Å². The number of rotatable bonds is 5. The molecule has 0 bridgehead atoms. The van der Waals surface area contributed by atoms with Crippen molar-refractivity contribution in [3.05, 3.63) is 17.2 Å². The van der Waals surface area contributed by atoms with Gasteiger partial charge in [-0.2, -0.15) is 0 Å². The van der Waals surface area contributed by atoms with E-state index >= 15 is 0 Å². The van der Waals surface area contributed by atoms with Crippen molar-refractivity contribution in [2.24, 2.45) is 0 Å². The minimum absolute atomic E-state index is 0.0448. The van der Waals surface area contributed by atoms with Gasteiger partial charge in [-0.15, -0.1) is 0 Å². The van der Waals surface area contributed by atoms with Crippen LogP contribution in [0.5, 0.6) is 11.5 Å². The average Bonchev–Trinajstić information content (AvgIpc) is 2.22. The van der Waals surface area contributed by atoms with E-state index in [-0.39, 0.29) is 11.6 Å². The standard InChI is InChI=1S/C11H16BClO4/c1-4-16-10-6-8(12(14)15)5-9(13)11(10)17-7(2)3/h5-7,14-15H,4H2,1-3H3. The fourth-order valence-corrected chi connectivity index (χ4v) is 1.61. The molecule has 0 amide bonds. The van der Waals surface area contributed by atoms with E-state index in [4.69, 9.17) is 31.1 Å². The van der Waals surface area contributed by atoms with Gasteiger partial charge in [0.25, 0.3) is 0 Å². The lowest BCUT2D eigenvalue weighted by molar-refractivity contribution is 0.224. The summed E-state index contributed by atoms with van der Waals surface area (Å²) in [5, 5.41) is 18.5. The third-order valence-corrected chi connectivity index (χ3v) is 2.26. The molecule has 0 atom stereocenters. The molecule has 94 valence electrons. The van der Waals surface area contributed by atoms with Crippen LogP contribution < -0.4 is 14.9 Å². The molecule has 0 heterocycles. The van der Waals surface area contributed by atoms with Gasteiger partial charge in [-0.3, -0.25) is 0 Å². The molecule has 1 rings (SSSR count). The van der Waals surface area contributed by atoms with Gasteiger partial charge >= 0.3 is 7.12 Å². The monoisotopic (exact) mass is 258 g/mol. The summed E-state index contributed by atoms with van der Waals surface area (Å²) in [5.41, 5.74) is 0.273. The molecule has 0 aliphatic carbocycles. The second-order valence-corrected chi connectivity index (χ2v) is 4.21. The number of hydrogen-bond acceptors (Lipinski definition) is 4. The van der Waals surface area contributed by atoms with Crippen LogP contribution in [0.25, 0.3) is 0 Å². The van der Waals surface area contributed by atoms with E-state index in [1.807, 2.05) is 20.8 Å². The number of halogens is 1. The number of benzene rings is 1. The van der Waals surface area contributed by atoms with Gasteiger partial charge in [0.2, 0.25) is 0 Å². The fraction of sp³-hybridized carbons (Fsp3) is 0.455. The Balaban J connectivity index is 3.17. The minimum Gasteiger partial charge on any atom is -0.490 e. The van der Waals surface area contributed by atoms with Crippen molar-refractivity contribution in [2.75, 3.05) is 6.61 Å². The Bertz CT molecular complexity index is 382. The zero-order chi connectivity index (χ0) is 13.0. The fourth-order valence-electron chi connectivity index (χ4n) is 1.35. The van der Waals surface area contributed by atoms with Crippen molar-refractivity contribution in [1.29, 1.82) is 0 Å². The molecule has 0 aromatic heterocycles. The lowest BCUT2D eigenvalue weighted by atomic mass is 9.80. The molecule has 0 unspecified atom stereocenters. The molecule has 0 aliphatic heterocycles. The molecular formula is C11H16BClO4. The van der Waals surface area contributed by atoms with Gasteiger partial charge in [-0.25, -0.2) is 0 Å². The molecule has 0 fully saturated rings. The van der Waals surface area contributed by atoms with Crippen molar-refractivity contribution in [1.82, 2.24) is 0 Å². The molecule has 0 radical (unpaired) electrons. The maximum Gasteiger partial charge on any atom is 0.488 e. The number of hydrogen-bond donors (Lipinski definition) is 2. The summed E-state index contributed by atoms with van der Waals surface area (Å²) < 4.78 is 10.9. The SMILES string of the molecule is CCOc1cc(B(O)O)cc(Cl)c1OC(C)C. The van der Waals surface area contributed by atoms with E-state index in [1.165, 1.54) is 12.1 Å². The largest absolute Gasteiger partial charge is 0.490 e. The average molecular weight is 259 g/mol. The van der Waals surface area contributed by atoms with E-state index < -0.39 is 7.12 Å². The predicted molar refractivity (Wildman–Crippen MR) is 68.2 cm³/mol. The van der Waals surface area contributed by atoms with Gasteiger partial charge in [0.1, 0.15) is 0 Å². The third-order valence-electron chi connectivity index (χ3n) is 1.98. The van der Waals surface area contributed by atoms with E-state index in [2.05, 4.69) is 0 Å². The maximum atomic E-state index is 9.11. The third kappa shape index (κ3) is 3.80. The van der Waals surface area contributed by atoms with Gasteiger partial charge in [0.05, 0.1) is 17.7 Å². The van der Waals surface area contributed by atoms with Gasteiger partial charge in [0.15, 0.2) is 11.5 Å². The van der Waals surface area contributed by atoms with Crippen LogP contribution in [0.15, 0.2) is 12.1 Å². The van der Waals surface area contributed by atoms with Gasteiger partial charge in [-0.1, -0.05) is 11.6 Å². The summed E-state index contributed by atoms with van der Waals surface area (Å²) in [5.74, 6) is 0.838. The Labute approximate surface area is 106 Å². The molecule has 1 aromatic rings. The maximum absolute atomic E-state index is 9.11. The molecule has 0 aliphatic rings. The van der Waals surface area contributed by atoms with Crippen molar-refractivity contribution in [2.45, 2.75) is 26.9 Å². The Hall–Kier alpha value is -0.905. The quantitative estimate of drug-likeness (QED) is 0.779. The predicted octanol–water partition coefficient (Wildman–Crippen LogP) is 1.21. The highest BCUT2D eigenvalue weighted by Gasteiger charge is 2.19. The second kappa shape index (κ2) is 6.14. The van der Waals surface area contributed by atoms with Gasteiger partial charge < -0.3 is 19.5 Å². The van der Waals surface area contributed by atoms with Crippen molar-refractivity contribution < 1.29 is 19.5 Å². The summed E-state index contributed by atoms with van der Waals surface area (Å²) in [7, 11) is -1.58. The first-order valence-corrected chi connectivity index (χ1v) is 5.82. The van der Waals surface area contributed by atoms with Crippen LogP contribution >= 0.6 is 11.6 Å². The Morgan fingerprint density at radius 1 is 1.35 bits per heavy atom. The Kier molecular flexibility index (Phi) is 5.12. The van der Waals surface area contributed by atoms with Crippen LogP contribution in [0, 0.1) is 0 Å². The van der Waals surface area contributed by atoms with Crippen LogP contribution in [-0.2, 0) is 0 Å². The Morgan fingerprint density at radius 2 is 2.00 bits per heavy atom. The molecule has 0 saturated heterocycles. The molecule has 1 aromatic carbocycles. The highest BCUT2D eigenvalue weighted by molar-refractivity contribution is 6.59. The molecule has 6 heteroatoms. The smallest absolute Gasteiger partial charge is 0.488 e.